The molecule has 6 heteroatoms. The summed E-state index contributed by atoms with van der Waals surface area (Å²) in [5, 5.41) is 28.3. The van der Waals surface area contributed by atoms with Crippen molar-refractivity contribution in [1.82, 2.24) is 4.90 Å². The normalized spacial score (nSPS) is 9.84. The topological polar surface area (TPSA) is 81.0 Å². The van der Waals surface area contributed by atoms with Crippen LogP contribution in [0, 0.1) is 11.8 Å². The highest BCUT2D eigenvalue weighted by Crippen LogP contribution is 2.18. The Hall–Kier alpha value is -1.39. The lowest BCUT2D eigenvalue weighted by atomic mass is 10.2. The van der Waals surface area contributed by atoms with Gasteiger partial charge in [-0.15, -0.1) is 11.3 Å². The Morgan fingerprint density at radius 3 is 2.47 bits per heavy atom. The van der Waals surface area contributed by atoms with E-state index in [0.29, 0.717) is 16.9 Å². The highest BCUT2D eigenvalue weighted by atomic mass is 32.1. The summed E-state index contributed by atoms with van der Waals surface area (Å²) in [5.74, 6) is 5.37. The molecule has 0 aliphatic carbocycles. The molecule has 0 unspecified atom stereocenters. The van der Waals surface area contributed by atoms with Crippen molar-refractivity contribution in [2.24, 2.45) is 0 Å². The molecule has 1 amide bonds. The van der Waals surface area contributed by atoms with Crippen molar-refractivity contribution in [3.63, 3.8) is 0 Å². The SMILES string of the molecule is O=C(c1sccc1C#CCCO)N(CCO)CCO. The predicted molar refractivity (Wildman–Crippen MR) is 73.0 cm³/mol. The van der Waals surface area contributed by atoms with Crippen molar-refractivity contribution in [3.05, 3.63) is 21.9 Å². The first kappa shape index (κ1) is 15.7. The molecule has 0 fully saturated rings. The predicted octanol–water partition coefficient (Wildman–Crippen LogP) is -0.0912. The molecule has 0 spiro atoms. The van der Waals surface area contributed by atoms with E-state index in [1.54, 1.807) is 11.4 Å². The van der Waals surface area contributed by atoms with E-state index in [2.05, 4.69) is 11.8 Å². The minimum absolute atomic E-state index is 0.0123. The molecule has 104 valence electrons. The molecule has 0 aliphatic rings. The number of aliphatic hydroxyl groups excluding tert-OH is 3. The quantitative estimate of drug-likeness (QED) is 0.637. The van der Waals surface area contributed by atoms with E-state index >= 15 is 0 Å². The summed E-state index contributed by atoms with van der Waals surface area (Å²) in [6.45, 7) is 0.0500. The average molecular weight is 283 g/mol. The van der Waals surface area contributed by atoms with Gasteiger partial charge in [0.25, 0.3) is 5.91 Å². The molecule has 0 aromatic carbocycles. The third kappa shape index (κ3) is 4.65. The molecule has 0 aliphatic heterocycles. The molecule has 1 aromatic rings. The molecule has 0 bridgehead atoms. The highest BCUT2D eigenvalue weighted by Gasteiger charge is 2.18. The van der Waals surface area contributed by atoms with Crippen LogP contribution in [-0.2, 0) is 0 Å². The molecule has 3 N–H and O–H groups in total. The third-order valence-electron chi connectivity index (χ3n) is 2.35. The zero-order chi connectivity index (χ0) is 14.1. The van der Waals surface area contributed by atoms with Crippen LogP contribution < -0.4 is 0 Å². The molecule has 0 saturated heterocycles. The van der Waals surface area contributed by atoms with Crippen LogP contribution >= 0.6 is 11.3 Å². The first-order valence-corrected chi connectivity index (χ1v) is 6.80. The van der Waals surface area contributed by atoms with Crippen molar-refractivity contribution in [2.75, 3.05) is 32.9 Å². The summed E-state index contributed by atoms with van der Waals surface area (Å²) >= 11 is 1.28. The molecule has 5 nitrogen and oxygen atoms in total. The Morgan fingerprint density at radius 2 is 1.89 bits per heavy atom. The second-order valence-corrected chi connectivity index (χ2v) is 4.59. The molecule has 0 atom stereocenters. The maximum atomic E-state index is 12.2. The van der Waals surface area contributed by atoms with Gasteiger partial charge in [0.05, 0.1) is 19.8 Å². The van der Waals surface area contributed by atoms with Gasteiger partial charge in [-0.25, -0.2) is 0 Å². The van der Waals surface area contributed by atoms with Gasteiger partial charge in [0.1, 0.15) is 4.88 Å². The van der Waals surface area contributed by atoms with E-state index in [1.165, 1.54) is 16.2 Å². The van der Waals surface area contributed by atoms with Crippen LogP contribution in [0.4, 0.5) is 0 Å². The molecule has 0 saturated carbocycles. The number of carbonyl (C=O) groups excluding carboxylic acids is 1. The van der Waals surface area contributed by atoms with Crippen LogP contribution in [0.25, 0.3) is 0 Å². The van der Waals surface area contributed by atoms with Gasteiger partial charge in [-0.3, -0.25) is 4.79 Å². The first-order valence-electron chi connectivity index (χ1n) is 5.92. The van der Waals surface area contributed by atoms with Crippen LogP contribution in [-0.4, -0.2) is 59.0 Å². The van der Waals surface area contributed by atoms with E-state index in [1.807, 2.05) is 0 Å². The Morgan fingerprint density at radius 1 is 1.21 bits per heavy atom. The Labute approximate surface area is 116 Å². The summed E-state index contributed by atoms with van der Waals surface area (Å²) in [5.41, 5.74) is 0.615. The molecule has 1 heterocycles. The van der Waals surface area contributed by atoms with Gasteiger partial charge in [-0.1, -0.05) is 11.8 Å². The van der Waals surface area contributed by atoms with E-state index < -0.39 is 0 Å². The van der Waals surface area contributed by atoms with Crippen LogP contribution in [0.3, 0.4) is 0 Å². The van der Waals surface area contributed by atoms with Crippen LogP contribution in [0.2, 0.25) is 0 Å². The number of nitrogens with zero attached hydrogens (tertiary/aromatic N) is 1. The minimum atomic E-state index is -0.244. The standard InChI is InChI=1S/C13H17NO4S/c15-7-2-1-3-11-4-10-19-12(11)13(18)14(5-8-16)6-9-17/h4,10,15-17H,2,5-9H2. The molecule has 1 aromatic heterocycles. The van der Waals surface area contributed by atoms with Gasteiger partial charge >= 0.3 is 0 Å². The monoisotopic (exact) mass is 283 g/mol. The number of hydrogen-bond donors (Lipinski definition) is 3. The molecular formula is C13H17NO4S. The fraction of sp³-hybridized carbons (Fsp3) is 0.462. The first-order chi connectivity index (χ1) is 9.24. The van der Waals surface area contributed by atoms with E-state index in [9.17, 15) is 4.79 Å². The number of rotatable bonds is 6. The van der Waals surface area contributed by atoms with Gasteiger partial charge in [0.15, 0.2) is 0 Å². The van der Waals surface area contributed by atoms with Crippen LogP contribution in [0.1, 0.15) is 21.7 Å². The lowest BCUT2D eigenvalue weighted by Crippen LogP contribution is -2.35. The summed E-state index contributed by atoms with van der Waals surface area (Å²) in [6, 6.07) is 1.75. The number of aliphatic hydroxyl groups is 3. The van der Waals surface area contributed by atoms with E-state index in [-0.39, 0.29) is 38.8 Å². The smallest absolute Gasteiger partial charge is 0.265 e. The largest absolute Gasteiger partial charge is 0.395 e. The molecule has 0 radical (unpaired) electrons. The lowest BCUT2D eigenvalue weighted by Gasteiger charge is -2.19. The van der Waals surface area contributed by atoms with Crippen molar-refractivity contribution in [2.45, 2.75) is 6.42 Å². The molecular weight excluding hydrogens is 266 g/mol. The maximum Gasteiger partial charge on any atom is 0.265 e. The van der Waals surface area contributed by atoms with Crippen molar-refractivity contribution < 1.29 is 20.1 Å². The van der Waals surface area contributed by atoms with E-state index in [4.69, 9.17) is 15.3 Å². The van der Waals surface area contributed by atoms with Crippen molar-refractivity contribution >= 4 is 17.2 Å². The van der Waals surface area contributed by atoms with Crippen molar-refractivity contribution in [3.8, 4) is 11.8 Å². The van der Waals surface area contributed by atoms with Gasteiger partial charge in [0, 0.05) is 25.1 Å². The Bertz CT molecular complexity index is 455. The van der Waals surface area contributed by atoms with Gasteiger partial charge in [-0.05, 0) is 11.4 Å². The maximum absolute atomic E-state index is 12.2. The summed E-state index contributed by atoms with van der Waals surface area (Å²) < 4.78 is 0. The Balaban J connectivity index is 2.87. The molecule has 1 rings (SSSR count). The zero-order valence-electron chi connectivity index (χ0n) is 10.5. The Kier molecular flexibility index (Phi) is 7.15. The zero-order valence-corrected chi connectivity index (χ0v) is 11.3. The van der Waals surface area contributed by atoms with Gasteiger partial charge < -0.3 is 20.2 Å². The average Bonchev–Trinajstić information content (AvgIpc) is 2.86. The highest BCUT2D eigenvalue weighted by molar-refractivity contribution is 7.12. The second kappa shape index (κ2) is 8.67. The number of amides is 1. The van der Waals surface area contributed by atoms with E-state index in [0.717, 1.165) is 0 Å². The minimum Gasteiger partial charge on any atom is -0.395 e. The van der Waals surface area contributed by atoms with Crippen LogP contribution in [0.15, 0.2) is 11.4 Å². The fourth-order valence-corrected chi connectivity index (χ4v) is 2.30. The van der Waals surface area contributed by atoms with Gasteiger partial charge in [0.2, 0.25) is 0 Å². The second-order valence-electron chi connectivity index (χ2n) is 3.68. The van der Waals surface area contributed by atoms with Crippen LogP contribution in [0.5, 0.6) is 0 Å². The van der Waals surface area contributed by atoms with Gasteiger partial charge in [-0.2, -0.15) is 0 Å². The third-order valence-corrected chi connectivity index (χ3v) is 3.25. The summed E-state index contributed by atoms with van der Waals surface area (Å²) in [7, 11) is 0. The number of thiophene rings is 1. The fourth-order valence-electron chi connectivity index (χ4n) is 1.49. The number of carbonyl (C=O) groups is 1. The lowest BCUT2D eigenvalue weighted by molar-refractivity contribution is 0.0689. The van der Waals surface area contributed by atoms with Crippen molar-refractivity contribution in [1.29, 1.82) is 0 Å². The summed E-state index contributed by atoms with van der Waals surface area (Å²) in [6.07, 6.45) is 0.362. The number of hydrogen-bond acceptors (Lipinski definition) is 5. The summed E-state index contributed by atoms with van der Waals surface area (Å²) in [4.78, 5) is 14.1. The molecule has 19 heavy (non-hydrogen) atoms.